The van der Waals surface area contributed by atoms with Crippen LogP contribution in [0.1, 0.15) is 24.8 Å². The average molecular weight is 330 g/mol. The minimum absolute atomic E-state index is 0.358. The van der Waals surface area contributed by atoms with E-state index in [1.165, 1.54) is 24.8 Å². The molecule has 98 valence electrons. The molecule has 3 rings (SSSR count). The number of benzene rings is 1. The van der Waals surface area contributed by atoms with Crippen LogP contribution in [-0.4, -0.2) is 6.04 Å². The normalized spacial score (nSPS) is 31.2. The number of rotatable bonds is 4. The second-order valence-electron chi connectivity index (χ2n) is 5.70. The van der Waals surface area contributed by atoms with E-state index in [0.717, 1.165) is 33.7 Å². The van der Waals surface area contributed by atoms with Gasteiger partial charge in [-0.2, -0.15) is 0 Å². The van der Waals surface area contributed by atoms with Gasteiger partial charge in [0.05, 0.1) is 0 Å². The molecular weight excluding hydrogens is 312 g/mol. The maximum Gasteiger partial charge on any atom is 0.0449 e. The van der Waals surface area contributed by atoms with Gasteiger partial charge in [-0.3, -0.25) is 11.3 Å². The van der Waals surface area contributed by atoms with Gasteiger partial charge in [-0.1, -0.05) is 33.6 Å². The molecule has 0 spiro atoms. The first-order valence-electron chi connectivity index (χ1n) is 6.57. The van der Waals surface area contributed by atoms with E-state index in [2.05, 4.69) is 27.4 Å². The van der Waals surface area contributed by atoms with Gasteiger partial charge in [0, 0.05) is 15.5 Å². The van der Waals surface area contributed by atoms with Crippen LogP contribution in [0.3, 0.4) is 0 Å². The molecule has 3 N–H and O–H groups in total. The first-order chi connectivity index (χ1) is 8.67. The fourth-order valence-corrected chi connectivity index (χ4v) is 4.13. The maximum atomic E-state index is 6.28. The van der Waals surface area contributed by atoms with Crippen molar-refractivity contribution in [2.24, 2.45) is 23.6 Å². The van der Waals surface area contributed by atoms with Crippen molar-refractivity contribution >= 4 is 27.5 Å². The van der Waals surface area contributed by atoms with Gasteiger partial charge >= 0.3 is 0 Å². The molecule has 0 aliphatic heterocycles. The van der Waals surface area contributed by atoms with Gasteiger partial charge in [0.25, 0.3) is 0 Å². The first-order valence-corrected chi connectivity index (χ1v) is 7.74. The van der Waals surface area contributed by atoms with Gasteiger partial charge < -0.3 is 0 Å². The quantitative estimate of drug-likeness (QED) is 0.655. The zero-order valence-corrected chi connectivity index (χ0v) is 12.5. The molecule has 0 saturated heterocycles. The summed E-state index contributed by atoms with van der Waals surface area (Å²) in [6, 6.07) is 6.45. The molecule has 2 aliphatic rings. The molecule has 0 amide bonds. The summed E-state index contributed by atoms with van der Waals surface area (Å²) in [5.41, 5.74) is 4.19. The van der Waals surface area contributed by atoms with Crippen LogP contribution in [-0.2, 0) is 6.42 Å². The standard InChI is InChI=1S/C14H18BrClN2/c15-12-2-1-8(13(16)7-12)6-14(18-17)11-4-9-3-10(9)5-11/h1-2,7,9-11,14,18H,3-6,17H2. The number of hydrazine groups is 1. The van der Waals surface area contributed by atoms with Gasteiger partial charge in [-0.05, 0) is 61.1 Å². The van der Waals surface area contributed by atoms with Crippen LogP contribution in [0.2, 0.25) is 5.02 Å². The molecular formula is C14H18BrClN2. The third-order valence-corrected chi connectivity index (χ3v) is 5.36. The van der Waals surface area contributed by atoms with E-state index < -0.39 is 0 Å². The number of hydrogen-bond acceptors (Lipinski definition) is 2. The van der Waals surface area contributed by atoms with Gasteiger partial charge in [-0.25, -0.2) is 0 Å². The molecule has 1 aromatic rings. The lowest BCUT2D eigenvalue weighted by atomic mass is 9.90. The van der Waals surface area contributed by atoms with Crippen LogP contribution in [0.4, 0.5) is 0 Å². The number of halogens is 2. The van der Waals surface area contributed by atoms with E-state index in [1.54, 1.807) is 0 Å². The summed E-state index contributed by atoms with van der Waals surface area (Å²) in [7, 11) is 0. The van der Waals surface area contributed by atoms with Crippen molar-refractivity contribution < 1.29 is 0 Å². The third kappa shape index (κ3) is 2.60. The summed E-state index contributed by atoms with van der Waals surface area (Å²) in [5.74, 6) is 8.44. The minimum Gasteiger partial charge on any atom is -0.271 e. The highest BCUT2D eigenvalue weighted by Crippen LogP contribution is 2.55. The monoisotopic (exact) mass is 328 g/mol. The Hall–Kier alpha value is -0.0900. The zero-order valence-electron chi connectivity index (χ0n) is 10.2. The Bertz CT molecular complexity index is 441. The molecule has 2 saturated carbocycles. The van der Waals surface area contributed by atoms with Gasteiger partial charge in [0.1, 0.15) is 0 Å². The van der Waals surface area contributed by atoms with Crippen LogP contribution in [0.25, 0.3) is 0 Å². The van der Waals surface area contributed by atoms with Crippen molar-refractivity contribution in [2.45, 2.75) is 31.7 Å². The third-order valence-electron chi connectivity index (χ3n) is 4.52. The number of nitrogens with two attached hydrogens (primary N) is 1. The van der Waals surface area contributed by atoms with Crippen LogP contribution >= 0.6 is 27.5 Å². The number of hydrogen-bond donors (Lipinski definition) is 2. The van der Waals surface area contributed by atoms with E-state index in [0.29, 0.717) is 6.04 Å². The lowest BCUT2D eigenvalue weighted by Gasteiger charge is -2.24. The SMILES string of the molecule is NNC(Cc1ccc(Br)cc1Cl)C1CC2CC2C1. The minimum atomic E-state index is 0.358. The Balaban J connectivity index is 1.69. The summed E-state index contributed by atoms with van der Waals surface area (Å²) in [5, 5.41) is 0.827. The van der Waals surface area contributed by atoms with Crippen molar-refractivity contribution in [3.05, 3.63) is 33.3 Å². The highest BCUT2D eigenvalue weighted by molar-refractivity contribution is 9.10. The average Bonchev–Trinajstić information content (AvgIpc) is 2.95. The molecule has 4 heteroatoms. The second kappa shape index (κ2) is 5.12. The molecule has 3 unspecified atom stereocenters. The summed E-state index contributed by atoms with van der Waals surface area (Å²) in [4.78, 5) is 0. The molecule has 0 radical (unpaired) electrons. The predicted octanol–water partition coefficient (Wildman–Crippen LogP) is 3.52. The lowest BCUT2D eigenvalue weighted by Crippen LogP contribution is -2.42. The molecule has 0 aromatic heterocycles. The molecule has 0 bridgehead atoms. The Morgan fingerprint density at radius 1 is 1.33 bits per heavy atom. The van der Waals surface area contributed by atoms with Crippen LogP contribution in [0.5, 0.6) is 0 Å². The summed E-state index contributed by atoms with van der Waals surface area (Å²) >= 11 is 9.71. The first kappa shape index (κ1) is 12.9. The van der Waals surface area contributed by atoms with Crippen LogP contribution in [0.15, 0.2) is 22.7 Å². The fraction of sp³-hybridized carbons (Fsp3) is 0.571. The summed E-state index contributed by atoms with van der Waals surface area (Å²) in [6.45, 7) is 0. The number of nitrogens with one attached hydrogen (secondary N) is 1. The van der Waals surface area contributed by atoms with Crippen molar-refractivity contribution in [1.82, 2.24) is 5.43 Å². The van der Waals surface area contributed by atoms with E-state index in [1.807, 2.05) is 12.1 Å². The highest BCUT2D eigenvalue weighted by atomic mass is 79.9. The molecule has 0 heterocycles. The number of fused-ring (bicyclic) bond motifs is 1. The van der Waals surface area contributed by atoms with Crippen LogP contribution in [0, 0.1) is 17.8 Å². The summed E-state index contributed by atoms with van der Waals surface area (Å²) in [6.07, 6.45) is 5.06. The molecule has 2 aliphatic carbocycles. The van der Waals surface area contributed by atoms with E-state index in [9.17, 15) is 0 Å². The molecule has 1 aromatic carbocycles. The maximum absolute atomic E-state index is 6.28. The van der Waals surface area contributed by atoms with E-state index in [-0.39, 0.29) is 0 Å². The molecule has 3 atom stereocenters. The van der Waals surface area contributed by atoms with E-state index >= 15 is 0 Å². The highest BCUT2D eigenvalue weighted by Gasteiger charge is 2.47. The molecule has 2 fully saturated rings. The predicted molar refractivity (Wildman–Crippen MR) is 78.3 cm³/mol. The van der Waals surface area contributed by atoms with Crippen molar-refractivity contribution in [1.29, 1.82) is 0 Å². The van der Waals surface area contributed by atoms with Crippen LogP contribution < -0.4 is 11.3 Å². The lowest BCUT2D eigenvalue weighted by molar-refractivity contribution is 0.336. The van der Waals surface area contributed by atoms with Gasteiger partial charge in [0.15, 0.2) is 0 Å². The zero-order chi connectivity index (χ0) is 12.7. The molecule has 18 heavy (non-hydrogen) atoms. The smallest absolute Gasteiger partial charge is 0.0449 e. The van der Waals surface area contributed by atoms with Gasteiger partial charge in [-0.15, -0.1) is 0 Å². The van der Waals surface area contributed by atoms with Crippen molar-refractivity contribution in [3.63, 3.8) is 0 Å². The topological polar surface area (TPSA) is 38.0 Å². The molecule has 2 nitrogen and oxygen atoms in total. The Morgan fingerprint density at radius 3 is 2.67 bits per heavy atom. The largest absolute Gasteiger partial charge is 0.271 e. The second-order valence-corrected chi connectivity index (χ2v) is 7.02. The van der Waals surface area contributed by atoms with Crippen molar-refractivity contribution in [3.8, 4) is 0 Å². The van der Waals surface area contributed by atoms with Crippen molar-refractivity contribution in [2.75, 3.05) is 0 Å². The Morgan fingerprint density at radius 2 is 2.06 bits per heavy atom. The Kier molecular flexibility index (Phi) is 3.68. The van der Waals surface area contributed by atoms with E-state index in [4.69, 9.17) is 17.4 Å². The Labute approximate surface area is 121 Å². The fourth-order valence-electron chi connectivity index (χ4n) is 3.38. The summed E-state index contributed by atoms with van der Waals surface area (Å²) < 4.78 is 1.02. The van der Waals surface area contributed by atoms with Gasteiger partial charge in [0.2, 0.25) is 0 Å².